The highest BCUT2D eigenvalue weighted by Crippen LogP contribution is 2.32. The Kier molecular flexibility index (Phi) is 5.58. The molecule has 1 fully saturated rings. The van der Waals surface area contributed by atoms with Crippen molar-refractivity contribution in [2.24, 2.45) is 0 Å². The molecule has 2 amide bonds. The molecule has 1 unspecified atom stereocenters. The molecule has 2 aromatic rings. The summed E-state index contributed by atoms with van der Waals surface area (Å²) in [7, 11) is 3.62. The number of piperidine rings is 1. The van der Waals surface area contributed by atoms with Crippen molar-refractivity contribution in [1.82, 2.24) is 39.2 Å². The zero-order valence-electron chi connectivity index (χ0n) is 18.0. The zero-order valence-corrected chi connectivity index (χ0v) is 18.0. The van der Waals surface area contributed by atoms with Crippen molar-refractivity contribution in [2.45, 2.75) is 64.8 Å². The quantitative estimate of drug-likeness (QED) is 0.787. The molecule has 2 aliphatic rings. The van der Waals surface area contributed by atoms with Gasteiger partial charge in [-0.3, -0.25) is 9.58 Å². The van der Waals surface area contributed by atoms with Crippen molar-refractivity contribution >= 4 is 6.03 Å². The summed E-state index contributed by atoms with van der Waals surface area (Å²) >= 11 is 0. The first-order valence-electron chi connectivity index (χ1n) is 10.6. The summed E-state index contributed by atoms with van der Waals surface area (Å²) in [5.41, 5.74) is 1.22. The van der Waals surface area contributed by atoms with Gasteiger partial charge in [-0.2, -0.15) is 5.10 Å². The van der Waals surface area contributed by atoms with Gasteiger partial charge in [0.1, 0.15) is 5.82 Å². The molecule has 1 saturated heterocycles. The van der Waals surface area contributed by atoms with E-state index in [0.29, 0.717) is 6.04 Å². The third-order valence-corrected chi connectivity index (χ3v) is 5.88. The minimum atomic E-state index is 0.0238. The summed E-state index contributed by atoms with van der Waals surface area (Å²) in [6, 6.07) is 0.460. The minimum Gasteiger partial charge on any atom is -0.331 e. The van der Waals surface area contributed by atoms with Crippen LogP contribution in [0.25, 0.3) is 0 Å². The fourth-order valence-corrected chi connectivity index (χ4v) is 4.30. The summed E-state index contributed by atoms with van der Waals surface area (Å²) in [4.78, 5) is 18.7. The van der Waals surface area contributed by atoms with Crippen molar-refractivity contribution in [3.8, 4) is 0 Å². The average Bonchev–Trinajstić information content (AvgIpc) is 3.34. The Bertz CT molecular complexity index is 855. The van der Waals surface area contributed by atoms with Crippen LogP contribution in [0.4, 0.5) is 4.79 Å². The van der Waals surface area contributed by atoms with Crippen molar-refractivity contribution in [3.05, 3.63) is 29.6 Å². The van der Waals surface area contributed by atoms with Crippen LogP contribution in [0.1, 0.15) is 62.4 Å². The largest absolute Gasteiger partial charge is 0.331 e. The van der Waals surface area contributed by atoms with Gasteiger partial charge in [-0.05, 0) is 33.1 Å². The highest BCUT2D eigenvalue weighted by Gasteiger charge is 2.34. The molecule has 9 heteroatoms. The summed E-state index contributed by atoms with van der Waals surface area (Å²) in [5.74, 6) is 1.94. The maximum Gasteiger partial charge on any atom is 0.320 e. The third kappa shape index (κ3) is 4.01. The van der Waals surface area contributed by atoms with Crippen LogP contribution in [0.15, 0.2) is 12.4 Å². The smallest absolute Gasteiger partial charge is 0.320 e. The number of amides is 2. The number of aromatic nitrogens is 5. The Morgan fingerprint density at radius 1 is 1.21 bits per heavy atom. The number of rotatable bonds is 4. The first-order chi connectivity index (χ1) is 13.9. The van der Waals surface area contributed by atoms with Gasteiger partial charge in [0.15, 0.2) is 5.82 Å². The Hall–Kier alpha value is -2.42. The molecule has 158 valence electrons. The van der Waals surface area contributed by atoms with Gasteiger partial charge in [-0.1, -0.05) is 0 Å². The lowest BCUT2D eigenvalue weighted by molar-refractivity contribution is 0.122. The SMILES string of the molecule is CC(C)n1cc(CN2CCn3c(nnc3C3CCCCN3C(=O)N(C)C)C2)cn1. The van der Waals surface area contributed by atoms with E-state index in [2.05, 4.69) is 44.8 Å². The molecule has 9 nitrogen and oxygen atoms in total. The predicted octanol–water partition coefficient (Wildman–Crippen LogP) is 2.28. The van der Waals surface area contributed by atoms with E-state index in [-0.39, 0.29) is 12.1 Å². The fraction of sp³-hybridized carbons (Fsp3) is 0.700. The Balaban J connectivity index is 1.48. The number of likely N-dealkylation sites (tertiary alicyclic amines) is 1. The highest BCUT2D eigenvalue weighted by atomic mass is 16.2. The van der Waals surface area contributed by atoms with Crippen LogP contribution in [0.2, 0.25) is 0 Å². The van der Waals surface area contributed by atoms with Gasteiger partial charge in [-0.15, -0.1) is 10.2 Å². The lowest BCUT2D eigenvalue weighted by Gasteiger charge is -2.37. The standard InChI is InChI=1S/C20H32N8O/c1-15(2)28-13-16(11-21-28)12-25-9-10-27-18(14-25)22-23-19(27)17-7-5-6-8-26(17)20(29)24(3)4/h11,13,15,17H,5-10,12,14H2,1-4H3. The molecular weight excluding hydrogens is 368 g/mol. The van der Waals surface area contributed by atoms with Gasteiger partial charge in [0.25, 0.3) is 0 Å². The van der Waals surface area contributed by atoms with E-state index in [4.69, 9.17) is 0 Å². The highest BCUT2D eigenvalue weighted by molar-refractivity contribution is 5.74. The number of hydrogen-bond donors (Lipinski definition) is 0. The minimum absolute atomic E-state index is 0.0238. The maximum atomic E-state index is 12.7. The molecule has 0 N–H and O–H groups in total. The van der Waals surface area contributed by atoms with Crippen molar-refractivity contribution in [2.75, 3.05) is 27.2 Å². The molecule has 0 saturated carbocycles. The van der Waals surface area contributed by atoms with Gasteiger partial charge >= 0.3 is 6.03 Å². The summed E-state index contributed by atoms with van der Waals surface area (Å²) in [6.45, 7) is 8.50. The molecule has 2 aliphatic heterocycles. The molecule has 0 radical (unpaired) electrons. The number of carbonyl (C=O) groups is 1. The molecule has 29 heavy (non-hydrogen) atoms. The molecule has 0 aromatic carbocycles. The number of fused-ring (bicyclic) bond motifs is 1. The first-order valence-corrected chi connectivity index (χ1v) is 10.6. The van der Waals surface area contributed by atoms with Gasteiger partial charge in [0, 0.05) is 58.1 Å². The molecule has 4 rings (SSSR count). The molecular formula is C20H32N8O. The molecule has 1 atom stereocenters. The van der Waals surface area contributed by atoms with E-state index in [1.807, 2.05) is 29.9 Å². The van der Waals surface area contributed by atoms with E-state index in [1.54, 1.807) is 4.90 Å². The van der Waals surface area contributed by atoms with Crippen LogP contribution in [0.3, 0.4) is 0 Å². The number of nitrogens with zero attached hydrogens (tertiary/aromatic N) is 8. The monoisotopic (exact) mass is 400 g/mol. The third-order valence-electron chi connectivity index (χ3n) is 5.88. The Morgan fingerprint density at radius 3 is 2.76 bits per heavy atom. The number of carbonyl (C=O) groups excluding carboxylic acids is 1. The van der Waals surface area contributed by atoms with Gasteiger partial charge in [0.2, 0.25) is 0 Å². The molecule has 0 bridgehead atoms. The lowest BCUT2D eigenvalue weighted by Crippen LogP contribution is -2.45. The second-order valence-electron chi connectivity index (χ2n) is 8.64. The molecule has 2 aromatic heterocycles. The first kappa shape index (κ1) is 19.9. The van der Waals surface area contributed by atoms with Crippen molar-refractivity contribution in [3.63, 3.8) is 0 Å². The Labute approximate surface area is 172 Å². The fourth-order valence-electron chi connectivity index (χ4n) is 4.30. The van der Waals surface area contributed by atoms with Crippen LogP contribution >= 0.6 is 0 Å². The lowest BCUT2D eigenvalue weighted by atomic mass is 10.0. The van der Waals surface area contributed by atoms with Crippen LogP contribution in [-0.2, 0) is 19.6 Å². The van der Waals surface area contributed by atoms with E-state index >= 15 is 0 Å². The van der Waals surface area contributed by atoms with Crippen molar-refractivity contribution < 1.29 is 4.79 Å². The van der Waals surface area contributed by atoms with Crippen LogP contribution in [-0.4, -0.2) is 72.5 Å². The molecule has 0 aliphatic carbocycles. The van der Waals surface area contributed by atoms with E-state index < -0.39 is 0 Å². The summed E-state index contributed by atoms with van der Waals surface area (Å²) in [5, 5.41) is 13.5. The average molecular weight is 401 g/mol. The second kappa shape index (κ2) is 8.14. The van der Waals surface area contributed by atoms with E-state index in [1.165, 1.54) is 5.56 Å². The predicted molar refractivity (Wildman–Crippen MR) is 109 cm³/mol. The zero-order chi connectivity index (χ0) is 20.5. The number of urea groups is 1. The molecule has 4 heterocycles. The van der Waals surface area contributed by atoms with Gasteiger partial charge < -0.3 is 14.4 Å². The van der Waals surface area contributed by atoms with E-state index in [9.17, 15) is 4.79 Å². The topological polar surface area (TPSA) is 75.3 Å². The maximum absolute atomic E-state index is 12.7. The van der Waals surface area contributed by atoms with Crippen LogP contribution < -0.4 is 0 Å². The summed E-state index contributed by atoms with van der Waals surface area (Å²) < 4.78 is 4.24. The van der Waals surface area contributed by atoms with Crippen LogP contribution in [0, 0.1) is 0 Å². The van der Waals surface area contributed by atoms with E-state index in [0.717, 1.165) is 63.6 Å². The van der Waals surface area contributed by atoms with Crippen LogP contribution in [0.5, 0.6) is 0 Å². The van der Waals surface area contributed by atoms with Crippen molar-refractivity contribution in [1.29, 1.82) is 0 Å². The van der Waals surface area contributed by atoms with Gasteiger partial charge in [-0.25, -0.2) is 4.79 Å². The molecule has 0 spiro atoms. The second-order valence-corrected chi connectivity index (χ2v) is 8.64. The summed E-state index contributed by atoms with van der Waals surface area (Å²) in [6.07, 6.45) is 7.21. The normalized spacial score (nSPS) is 20.2. The number of hydrogen-bond acceptors (Lipinski definition) is 5. The Morgan fingerprint density at radius 2 is 2.03 bits per heavy atom. The van der Waals surface area contributed by atoms with Gasteiger partial charge in [0.05, 0.1) is 18.8 Å².